The quantitative estimate of drug-likeness (QED) is 0.709. The van der Waals surface area contributed by atoms with Gasteiger partial charge >= 0.3 is 5.97 Å². The van der Waals surface area contributed by atoms with Crippen molar-refractivity contribution in [3.05, 3.63) is 35.9 Å². The van der Waals surface area contributed by atoms with E-state index >= 15 is 0 Å². The fraction of sp³-hybridized carbons (Fsp3) is 0.357. The summed E-state index contributed by atoms with van der Waals surface area (Å²) in [5, 5.41) is 14.2. The van der Waals surface area contributed by atoms with Crippen LogP contribution in [0.4, 0.5) is 0 Å². The standard InChI is InChI=1S/C14H16N2O4/c17-12-7-6-10(15-12)13(18)16-11(14(19)20)8-9-4-2-1-3-5-9/h1-5,10-11H,6-8H2,(H,15,17)(H,16,18)(H,19,20)/t10-,11-/m0/s1. The lowest BCUT2D eigenvalue weighted by atomic mass is 10.1. The lowest BCUT2D eigenvalue weighted by Crippen LogP contribution is -2.49. The van der Waals surface area contributed by atoms with Gasteiger partial charge in [-0.05, 0) is 12.0 Å². The minimum Gasteiger partial charge on any atom is -0.480 e. The maximum Gasteiger partial charge on any atom is 0.326 e. The molecule has 1 aliphatic rings. The highest BCUT2D eigenvalue weighted by molar-refractivity contribution is 5.92. The molecule has 2 atom stereocenters. The molecule has 6 nitrogen and oxygen atoms in total. The van der Waals surface area contributed by atoms with Crippen molar-refractivity contribution in [1.29, 1.82) is 0 Å². The van der Waals surface area contributed by atoms with E-state index in [2.05, 4.69) is 10.6 Å². The minimum atomic E-state index is -1.09. The van der Waals surface area contributed by atoms with E-state index in [1.54, 1.807) is 12.1 Å². The van der Waals surface area contributed by atoms with E-state index in [4.69, 9.17) is 0 Å². The third kappa shape index (κ3) is 3.57. The zero-order chi connectivity index (χ0) is 14.5. The Bertz CT molecular complexity index is 515. The lowest BCUT2D eigenvalue weighted by molar-refractivity contribution is -0.142. The molecule has 0 aliphatic carbocycles. The number of amides is 2. The average molecular weight is 276 g/mol. The summed E-state index contributed by atoms with van der Waals surface area (Å²) in [6.07, 6.45) is 0.916. The monoisotopic (exact) mass is 276 g/mol. The maximum absolute atomic E-state index is 11.9. The number of carbonyl (C=O) groups is 3. The number of benzene rings is 1. The van der Waals surface area contributed by atoms with Gasteiger partial charge in [0.05, 0.1) is 0 Å². The molecule has 6 heteroatoms. The van der Waals surface area contributed by atoms with E-state index in [0.717, 1.165) is 5.56 Å². The van der Waals surface area contributed by atoms with Gasteiger partial charge in [0.15, 0.2) is 0 Å². The first kappa shape index (κ1) is 14.0. The molecule has 20 heavy (non-hydrogen) atoms. The summed E-state index contributed by atoms with van der Waals surface area (Å²) in [5.74, 6) is -1.72. The predicted octanol–water partition coefficient (Wildman–Crippen LogP) is 0.0771. The van der Waals surface area contributed by atoms with Crippen molar-refractivity contribution in [3.63, 3.8) is 0 Å². The van der Waals surface area contributed by atoms with Crippen LogP contribution < -0.4 is 10.6 Å². The van der Waals surface area contributed by atoms with E-state index in [1.165, 1.54) is 0 Å². The molecule has 0 aromatic heterocycles. The number of hydrogen-bond acceptors (Lipinski definition) is 3. The Morgan fingerprint density at radius 3 is 2.60 bits per heavy atom. The van der Waals surface area contributed by atoms with Gasteiger partial charge in [0.1, 0.15) is 12.1 Å². The van der Waals surface area contributed by atoms with Crippen LogP contribution in [0.5, 0.6) is 0 Å². The van der Waals surface area contributed by atoms with Crippen molar-refractivity contribution in [2.45, 2.75) is 31.3 Å². The highest BCUT2D eigenvalue weighted by Gasteiger charge is 2.30. The molecular weight excluding hydrogens is 260 g/mol. The Kier molecular flexibility index (Phi) is 4.34. The smallest absolute Gasteiger partial charge is 0.326 e. The normalized spacial score (nSPS) is 19.2. The van der Waals surface area contributed by atoms with Crippen molar-refractivity contribution in [1.82, 2.24) is 10.6 Å². The van der Waals surface area contributed by atoms with Gasteiger partial charge in [-0.3, -0.25) is 9.59 Å². The van der Waals surface area contributed by atoms with Crippen LogP contribution in [0.15, 0.2) is 30.3 Å². The summed E-state index contributed by atoms with van der Waals surface area (Å²) >= 11 is 0. The van der Waals surface area contributed by atoms with Gasteiger partial charge in [-0.2, -0.15) is 0 Å². The number of carboxylic acids is 1. The summed E-state index contributed by atoms with van der Waals surface area (Å²) in [6, 6.07) is 7.45. The van der Waals surface area contributed by atoms with Gasteiger partial charge in [-0.1, -0.05) is 30.3 Å². The first-order chi connectivity index (χ1) is 9.56. The zero-order valence-electron chi connectivity index (χ0n) is 10.8. The van der Waals surface area contributed by atoms with E-state index in [-0.39, 0.29) is 12.3 Å². The van der Waals surface area contributed by atoms with Crippen LogP contribution in [0.2, 0.25) is 0 Å². The minimum absolute atomic E-state index is 0.180. The summed E-state index contributed by atoms with van der Waals surface area (Å²) in [4.78, 5) is 34.2. The van der Waals surface area contributed by atoms with E-state index in [0.29, 0.717) is 12.8 Å². The Hall–Kier alpha value is -2.37. The molecule has 2 rings (SSSR count). The predicted molar refractivity (Wildman–Crippen MR) is 70.9 cm³/mol. The van der Waals surface area contributed by atoms with Gasteiger partial charge in [0.2, 0.25) is 11.8 Å². The number of aliphatic carboxylic acids is 1. The average Bonchev–Trinajstić information content (AvgIpc) is 2.86. The topological polar surface area (TPSA) is 95.5 Å². The van der Waals surface area contributed by atoms with Crippen LogP contribution in [0.3, 0.4) is 0 Å². The molecule has 0 saturated carbocycles. The molecule has 1 aliphatic heterocycles. The van der Waals surface area contributed by atoms with Crippen LogP contribution in [0, 0.1) is 0 Å². The third-order valence-electron chi connectivity index (χ3n) is 3.21. The van der Waals surface area contributed by atoms with Crippen molar-refractivity contribution in [2.24, 2.45) is 0 Å². The van der Waals surface area contributed by atoms with Gasteiger partial charge in [0.25, 0.3) is 0 Å². The summed E-state index contributed by atoms with van der Waals surface area (Å²) < 4.78 is 0. The fourth-order valence-electron chi connectivity index (χ4n) is 2.13. The van der Waals surface area contributed by atoms with E-state index in [1.807, 2.05) is 18.2 Å². The van der Waals surface area contributed by atoms with Crippen molar-refractivity contribution in [2.75, 3.05) is 0 Å². The van der Waals surface area contributed by atoms with Crippen molar-refractivity contribution in [3.8, 4) is 0 Å². The summed E-state index contributed by atoms with van der Waals surface area (Å²) in [5.41, 5.74) is 0.829. The molecular formula is C14H16N2O4. The van der Waals surface area contributed by atoms with Gasteiger partial charge in [-0.25, -0.2) is 4.79 Å². The molecule has 1 heterocycles. The second-order valence-electron chi connectivity index (χ2n) is 4.75. The second-order valence-corrected chi connectivity index (χ2v) is 4.75. The number of hydrogen-bond donors (Lipinski definition) is 3. The Morgan fingerprint density at radius 1 is 1.35 bits per heavy atom. The van der Waals surface area contributed by atoms with Crippen LogP contribution in [0.1, 0.15) is 18.4 Å². The van der Waals surface area contributed by atoms with Gasteiger partial charge in [0, 0.05) is 12.8 Å². The molecule has 0 unspecified atom stereocenters. The van der Waals surface area contributed by atoms with Crippen LogP contribution >= 0.6 is 0 Å². The highest BCUT2D eigenvalue weighted by Crippen LogP contribution is 2.08. The van der Waals surface area contributed by atoms with Crippen LogP contribution in [-0.2, 0) is 20.8 Å². The lowest BCUT2D eigenvalue weighted by Gasteiger charge is -2.17. The Balaban J connectivity index is 1.97. The zero-order valence-corrected chi connectivity index (χ0v) is 10.8. The maximum atomic E-state index is 11.9. The Labute approximate surface area is 116 Å². The van der Waals surface area contributed by atoms with Crippen LogP contribution in [-0.4, -0.2) is 35.0 Å². The summed E-state index contributed by atoms with van der Waals surface area (Å²) in [6.45, 7) is 0. The van der Waals surface area contributed by atoms with E-state index < -0.39 is 24.0 Å². The second kappa shape index (κ2) is 6.18. The molecule has 0 spiro atoms. The summed E-state index contributed by atoms with van der Waals surface area (Å²) in [7, 11) is 0. The third-order valence-corrected chi connectivity index (χ3v) is 3.21. The van der Waals surface area contributed by atoms with Crippen molar-refractivity contribution >= 4 is 17.8 Å². The SMILES string of the molecule is O=C1CC[C@@H](C(=O)N[C@@H](Cc2ccccc2)C(=O)O)N1. The highest BCUT2D eigenvalue weighted by atomic mass is 16.4. The van der Waals surface area contributed by atoms with Gasteiger partial charge in [-0.15, -0.1) is 0 Å². The molecule has 1 fully saturated rings. The molecule has 0 radical (unpaired) electrons. The van der Waals surface area contributed by atoms with Gasteiger partial charge < -0.3 is 15.7 Å². The molecule has 2 amide bonds. The fourth-order valence-corrected chi connectivity index (χ4v) is 2.13. The largest absolute Gasteiger partial charge is 0.480 e. The van der Waals surface area contributed by atoms with E-state index in [9.17, 15) is 19.5 Å². The number of rotatable bonds is 5. The first-order valence-corrected chi connectivity index (χ1v) is 6.42. The molecule has 1 aromatic carbocycles. The number of carbonyl (C=O) groups excluding carboxylic acids is 2. The number of nitrogens with one attached hydrogen (secondary N) is 2. The molecule has 106 valence electrons. The molecule has 0 bridgehead atoms. The molecule has 3 N–H and O–H groups in total. The van der Waals surface area contributed by atoms with Crippen molar-refractivity contribution < 1.29 is 19.5 Å². The number of carboxylic acid groups (broad SMARTS) is 1. The Morgan fingerprint density at radius 2 is 2.05 bits per heavy atom. The first-order valence-electron chi connectivity index (χ1n) is 6.42. The molecule has 1 saturated heterocycles. The van der Waals surface area contributed by atoms with Crippen LogP contribution in [0.25, 0.3) is 0 Å². The molecule has 1 aromatic rings.